The van der Waals surface area contributed by atoms with E-state index in [4.69, 9.17) is 41.4 Å². The van der Waals surface area contributed by atoms with Crippen molar-refractivity contribution >= 4 is 35.2 Å². The number of nitrogens with zero attached hydrogens (tertiary/aromatic N) is 2. The summed E-state index contributed by atoms with van der Waals surface area (Å²) >= 11 is 0. The molecule has 4 rings (SSSR count). The highest BCUT2D eigenvalue weighted by atomic mass is 16.5. The summed E-state index contributed by atoms with van der Waals surface area (Å²) in [5.74, 6) is -0.677. The van der Waals surface area contributed by atoms with Crippen molar-refractivity contribution < 1.29 is 29.3 Å². The van der Waals surface area contributed by atoms with Gasteiger partial charge in [-0.15, -0.1) is 0 Å². The summed E-state index contributed by atoms with van der Waals surface area (Å²) in [6.45, 7) is 6.67. The van der Waals surface area contributed by atoms with Crippen molar-refractivity contribution in [3.8, 4) is 17.0 Å². The molecule has 1 heterocycles. The molecule has 0 spiro atoms. The van der Waals surface area contributed by atoms with Gasteiger partial charge in [-0.25, -0.2) is 4.98 Å². The Kier molecular flexibility index (Phi) is 14.2. The second-order valence-corrected chi connectivity index (χ2v) is 11.0. The number of anilines is 2. The number of carboxylic acids is 2. The number of nitrogen functional groups attached to an aromatic ring is 2. The van der Waals surface area contributed by atoms with Gasteiger partial charge in [-0.2, -0.15) is 0 Å². The zero-order valence-electron chi connectivity index (χ0n) is 26.5. The number of hydrogen-bond acceptors (Lipinski definition) is 9. The number of aromatic nitrogens is 2. The lowest BCUT2D eigenvalue weighted by molar-refractivity contribution is -0.135. The molecule has 46 heavy (non-hydrogen) atoms. The Morgan fingerprint density at radius 3 is 2.22 bits per heavy atom. The van der Waals surface area contributed by atoms with Crippen molar-refractivity contribution in [1.82, 2.24) is 14.9 Å². The number of hydrogen-bond donors (Lipinski definition) is 7. The molecule has 0 saturated heterocycles. The highest BCUT2D eigenvalue weighted by Gasteiger charge is 2.19. The van der Waals surface area contributed by atoms with E-state index in [0.717, 1.165) is 19.4 Å². The fraction of sp³-hybridized carbons (Fsp3) is 0.375. The Morgan fingerprint density at radius 1 is 1.09 bits per heavy atom. The van der Waals surface area contributed by atoms with Gasteiger partial charge in [0.05, 0.1) is 18.5 Å². The zero-order valence-corrected chi connectivity index (χ0v) is 26.5. The first-order valence-electron chi connectivity index (χ1n) is 14.6. The van der Waals surface area contributed by atoms with Gasteiger partial charge >= 0.3 is 0 Å². The van der Waals surface area contributed by atoms with Crippen LogP contribution in [0.4, 0.5) is 11.5 Å². The average molecular weight is 638 g/mol. The molecule has 1 aliphatic carbocycles. The molecule has 9 N–H and O–H groups in total. The molecular weight excluding hydrogens is 594 g/mol. The largest absolute Gasteiger partial charge is 0.493 e. The van der Waals surface area contributed by atoms with Crippen LogP contribution in [0.1, 0.15) is 58.1 Å². The van der Waals surface area contributed by atoms with Gasteiger partial charge in [0.2, 0.25) is 5.91 Å². The number of ether oxygens (including phenoxy) is 1. The molecule has 2 aromatic carbocycles. The van der Waals surface area contributed by atoms with Crippen molar-refractivity contribution in [2.24, 2.45) is 11.7 Å². The number of carboxylic acid groups (broad SMARTS) is 2. The maximum absolute atomic E-state index is 13.4. The van der Waals surface area contributed by atoms with Crippen LogP contribution in [0.15, 0.2) is 53.5 Å². The molecule has 0 bridgehead atoms. The predicted octanol–water partition coefficient (Wildman–Crippen LogP) is 3.27. The summed E-state index contributed by atoms with van der Waals surface area (Å²) in [6, 6.07) is 12.4. The number of benzene rings is 2. The van der Waals surface area contributed by atoms with Crippen LogP contribution < -0.4 is 32.4 Å². The lowest BCUT2D eigenvalue weighted by Crippen LogP contribution is -2.35. The lowest BCUT2D eigenvalue weighted by atomic mass is 9.86. The molecule has 1 aromatic heterocycles. The Balaban J connectivity index is 0.000000825. The van der Waals surface area contributed by atoms with Gasteiger partial charge in [0.25, 0.3) is 17.5 Å². The van der Waals surface area contributed by atoms with E-state index in [1.807, 2.05) is 19.9 Å². The molecule has 14 heteroatoms. The standard InChI is InChI=1S/C28H35N7O3.2C2H4O2/c1-17(2)34-27-28(37)35(15-25(36)32-13-18-6-8-20(9-7-18)26(30)31)24(14-33-27)21-10-22(29)12-23(11-21)38-16-19-4-3-5-19;2*1-2(3)4/h6-12,14,17,19H,3-5,13,15-16,29H2,1-2H3,(H3,30,31)(H,32,36)(H,33,34);2*1H3,(H,3,4). The Bertz CT molecular complexity index is 1550. The third kappa shape index (κ3) is 12.7. The van der Waals surface area contributed by atoms with Crippen LogP contribution in [0.5, 0.6) is 5.75 Å². The molecule has 1 aliphatic rings. The first kappa shape index (κ1) is 36.8. The zero-order chi connectivity index (χ0) is 34.4. The maximum Gasteiger partial charge on any atom is 0.300 e. The van der Waals surface area contributed by atoms with Crippen molar-refractivity contribution in [1.29, 1.82) is 5.41 Å². The molecule has 14 nitrogen and oxygen atoms in total. The quantitative estimate of drug-likeness (QED) is 0.0915. The number of amides is 1. The van der Waals surface area contributed by atoms with Gasteiger partial charge in [-0.3, -0.25) is 29.2 Å². The molecule has 0 unspecified atom stereocenters. The Hall–Kier alpha value is -5.40. The van der Waals surface area contributed by atoms with Crippen LogP contribution in [0, 0.1) is 11.3 Å². The van der Waals surface area contributed by atoms with E-state index in [9.17, 15) is 9.59 Å². The van der Waals surface area contributed by atoms with E-state index in [1.54, 1.807) is 42.6 Å². The molecule has 1 saturated carbocycles. The van der Waals surface area contributed by atoms with Crippen molar-refractivity contribution in [3.05, 3.63) is 70.1 Å². The molecule has 1 amide bonds. The number of carbonyl (C=O) groups is 3. The Labute approximate surface area is 267 Å². The molecule has 0 atom stereocenters. The molecular formula is C32H43N7O7. The number of nitrogens with two attached hydrogens (primary N) is 2. The van der Waals surface area contributed by atoms with E-state index >= 15 is 0 Å². The predicted molar refractivity (Wildman–Crippen MR) is 176 cm³/mol. The van der Waals surface area contributed by atoms with Crippen LogP contribution >= 0.6 is 0 Å². The minimum absolute atomic E-state index is 0.0137. The molecule has 1 fully saturated rings. The van der Waals surface area contributed by atoms with Gasteiger partial charge in [-0.05, 0) is 50.3 Å². The second-order valence-electron chi connectivity index (χ2n) is 11.0. The first-order chi connectivity index (χ1) is 21.7. The summed E-state index contributed by atoms with van der Waals surface area (Å²) in [5.41, 5.74) is 14.3. The fourth-order valence-electron chi connectivity index (χ4n) is 4.18. The van der Waals surface area contributed by atoms with Crippen LogP contribution in [0.3, 0.4) is 0 Å². The minimum Gasteiger partial charge on any atom is -0.493 e. The van der Waals surface area contributed by atoms with Crippen LogP contribution in [-0.2, 0) is 27.5 Å². The number of nitrogens with one attached hydrogen (secondary N) is 3. The SMILES string of the molecule is CC(=O)O.CC(=O)O.CC(C)Nc1ncc(-c2cc(N)cc(OCC3CCC3)c2)n(CC(=O)NCc2ccc(C(=N)N)cc2)c1=O. The summed E-state index contributed by atoms with van der Waals surface area (Å²) in [7, 11) is 0. The number of aliphatic carboxylic acids is 2. The average Bonchev–Trinajstić information content (AvgIpc) is 2.92. The van der Waals surface area contributed by atoms with Crippen LogP contribution in [0.25, 0.3) is 11.3 Å². The molecule has 0 aliphatic heterocycles. The second kappa shape index (κ2) is 17.8. The monoisotopic (exact) mass is 637 g/mol. The first-order valence-corrected chi connectivity index (χ1v) is 14.6. The van der Waals surface area contributed by atoms with Gasteiger partial charge in [0.15, 0.2) is 5.82 Å². The summed E-state index contributed by atoms with van der Waals surface area (Å²) in [6.07, 6.45) is 5.14. The number of amidine groups is 1. The lowest BCUT2D eigenvalue weighted by Gasteiger charge is -2.25. The highest BCUT2D eigenvalue weighted by molar-refractivity contribution is 5.94. The molecule has 0 radical (unpaired) electrons. The van der Waals surface area contributed by atoms with Gasteiger partial charge in [0, 0.05) is 49.3 Å². The molecule has 3 aromatic rings. The van der Waals surface area contributed by atoms with E-state index in [2.05, 4.69) is 15.6 Å². The number of rotatable bonds is 11. The summed E-state index contributed by atoms with van der Waals surface area (Å²) < 4.78 is 7.39. The highest BCUT2D eigenvalue weighted by Crippen LogP contribution is 2.30. The van der Waals surface area contributed by atoms with E-state index in [-0.39, 0.29) is 36.7 Å². The molecule has 248 valence electrons. The normalized spacial score (nSPS) is 11.9. The third-order valence-electron chi connectivity index (χ3n) is 6.47. The van der Waals surface area contributed by atoms with Crippen LogP contribution in [0.2, 0.25) is 0 Å². The van der Waals surface area contributed by atoms with Gasteiger partial charge in [-0.1, -0.05) is 30.7 Å². The van der Waals surface area contributed by atoms with Crippen LogP contribution in [-0.4, -0.2) is 56.1 Å². The van der Waals surface area contributed by atoms with Gasteiger partial charge < -0.3 is 37.1 Å². The topological polar surface area (TPSA) is 236 Å². The summed E-state index contributed by atoms with van der Waals surface area (Å²) in [5, 5.41) is 28.2. The smallest absolute Gasteiger partial charge is 0.300 e. The Morgan fingerprint density at radius 2 is 1.70 bits per heavy atom. The number of carbonyl (C=O) groups excluding carboxylic acids is 1. The summed E-state index contributed by atoms with van der Waals surface area (Å²) in [4.78, 5) is 48.7. The van der Waals surface area contributed by atoms with Crippen molar-refractivity contribution in [2.75, 3.05) is 17.7 Å². The van der Waals surface area contributed by atoms with Gasteiger partial charge in [0.1, 0.15) is 18.1 Å². The van der Waals surface area contributed by atoms with E-state index in [1.165, 1.54) is 23.8 Å². The third-order valence-corrected chi connectivity index (χ3v) is 6.47. The van der Waals surface area contributed by atoms with E-state index in [0.29, 0.717) is 40.8 Å². The fourth-order valence-corrected chi connectivity index (χ4v) is 4.18. The maximum atomic E-state index is 13.4. The van der Waals surface area contributed by atoms with E-state index < -0.39 is 17.5 Å². The minimum atomic E-state index is -0.833. The van der Waals surface area contributed by atoms with Crippen molar-refractivity contribution in [2.45, 2.75) is 66.1 Å². The van der Waals surface area contributed by atoms with Crippen molar-refractivity contribution in [3.63, 3.8) is 0 Å².